The van der Waals surface area contributed by atoms with Crippen molar-refractivity contribution >= 4 is 28.9 Å². The number of carbonyl (C=O) groups excluding carboxylic acids is 1. The molecule has 0 aliphatic rings. The molecule has 1 aromatic heterocycles. The highest BCUT2D eigenvalue weighted by molar-refractivity contribution is 7.08. The summed E-state index contributed by atoms with van der Waals surface area (Å²) in [5.41, 5.74) is 0.0329. The lowest BCUT2D eigenvalue weighted by molar-refractivity contribution is 0.0698. The van der Waals surface area contributed by atoms with E-state index in [0.717, 1.165) is 11.3 Å². The van der Waals surface area contributed by atoms with Crippen molar-refractivity contribution in [2.24, 2.45) is 0 Å². The molecule has 2 aromatic rings. The number of amides is 1. The van der Waals surface area contributed by atoms with Crippen molar-refractivity contribution in [2.75, 3.05) is 5.32 Å². The first-order chi connectivity index (χ1) is 8.59. The lowest BCUT2D eigenvalue weighted by Crippen LogP contribution is -2.15. The molecule has 92 valence electrons. The second-order valence-corrected chi connectivity index (χ2v) is 4.18. The van der Waals surface area contributed by atoms with Gasteiger partial charge < -0.3 is 10.4 Å². The fourth-order valence-electron chi connectivity index (χ4n) is 1.39. The first-order valence-corrected chi connectivity index (χ1v) is 5.89. The molecule has 0 saturated heterocycles. The van der Waals surface area contributed by atoms with Crippen LogP contribution in [0.15, 0.2) is 35.0 Å². The van der Waals surface area contributed by atoms with Gasteiger partial charge >= 0.3 is 5.97 Å². The Bertz CT molecular complexity index is 609. The molecule has 0 saturated carbocycles. The van der Waals surface area contributed by atoms with Gasteiger partial charge in [-0.15, -0.1) is 11.3 Å². The second-order valence-electron chi connectivity index (χ2n) is 3.44. The fraction of sp³-hybridized carbons (Fsp3) is 0. The van der Waals surface area contributed by atoms with Gasteiger partial charge in [0.25, 0.3) is 5.91 Å². The number of nitrogens with one attached hydrogen (secondary N) is 1. The first-order valence-electron chi connectivity index (χ1n) is 4.95. The molecule has 2 rings (SSSR count). The zero-order chi connectivity index (χ0) is 13.1. The number of rotatable bonds is 3. The van der Waals surface area contributed by atoms with Crippen LogP contribution in [-0.2, 0) is 0 Å². The molecule has 6 heteroatoms. The van der Waals surface area contributed by atoms with Gasteiger partial charge in [0.2, 0.25) is 0 Å². The Morgan fingerprint density at radius 1 is 1.17 bits per heavy atom. The van der Waals surface area contributed by atoms with Crippen LogP contribution in [0.2, 0.25) is 0 Å². The maximum Gasteiger partial charge on any atom is 0.338 e. The molecule has 0 aliphatic carbocycles. The Morgan fingerprint density at radius 3 is 2.56 bits per heavy atom. The summed E-state index contributed by atoms with van der Waals surface area (Å²) in [6, 6.07) is 5.50. The van der Waals surface area contributed by atoms with E-state index in [2.05, 4.69) is 5.32 Å². The first kappa shape index (κ1) is 12.3. The molecule has 1 amide bonds. The number of aromatic carboxylic acids is 1. The van der Waals surface area contributed by atoms with Crippen molar-refractivity contribution in [2.45, 2.75) is 0 Å². The summed E-state index contributed by atoms with van der Waals surface area (Å²) in [4.78, 5) is 22.6. The van der Waals surface area contributed by atoms with Gasteiger partial charge in [-0.2, -0.15) is 0 Å². The summed E-state index contributed by atoms with van der Waals surface area (Å²) in [6.45, 7) is 0. The quantitative estimate of drug-likeness (QED) is 0.896. The summed E-state index contributed by atoms with van der Waals surface area (Å²) >= 11 is 1.15. The third kappa shape index (κ3) is 2.38. The zero-order valence-electron chi connectivity index (χ0n) is 9.01. The van der Waals surface area contributed by atoms with E-state index < -0.39 is 17.7 Å². The number of thiophene rings is 1. The minimum absolute atomic E-state index is 0.00955. The maximum absolute atomic E-state index is 13.4. The van der Waals surface area contributed by atoms with Crippen molar-refractivity contribution in [1.82, 2.24) is 0 Å². The van der Waals surface area contributed by atoms with Crippen molar-refractivity contribution in [3.05, 3.63) is 52.0 Å². The van der Waals surface area contributed by atoms with Gasteiger partial charge in [0, 0.05) is 10.8 Å². The molecular weight excluding hydrogens is 257 g/mol. The third-order valence-electron chi connectivity index (χ3n) is 2.26. The maximum atomic E-state index is 13.4. The molecule has 4 nitrogen and oxygen atoms in total. The number of hydrogen-bond donors (Lipinski definition) is 2. The highest BCUT2D eigenvalue weighted by atomic mass is 32.1. The summed E-state index contributed by atoms with van der Waals surface area (Å²) in [5.74, 6) is -2.46. The number of hydrogen-bond acceptors (Lipinski definition) is 3. The van der Waals surface area contributed by atoms with Crippen LogP contribution in [-0.4, -0.2) is 17.0 Å². The van der Waals surface area contributed by atoms with Crippen molar-refractivity contribution in [1.29, 1.82) is 0 Å². The summed E-state index contributed by atoms with van der Waals surface area (Å²) in [7, 11) is 0. The topological polar surface area (TPSA) is 66.4 Å². The van der Waals surface area contributed by atoms with Crippen molar-refractivity contribution in [3.63, 3.8) is 0 Å². The number of carbonyl (C=O) groups is 2. The average molecular weight is 265 g/mol. The predicted molar refractivity (Wildman–Crippen MR) is 65.6 cm³/mol. The molecule has 0 aliphatic heterocycles. The van der Waals surface area contributed by atoms with E-state index in [-0.39, 0.29) is 16.8 Å². The van der Waals surface area contributed by atoms with Crippen LogP contribution < -0.4 is 5.32 Å². The minimum Gasteiger partial charge on any atom is -0.478 e. The Hall–Kier alpha value is -2.21. The van der Waals surface area contributed by atoms with Gasteiger partial charge in [0.05, 0.1) is 16.8 Å². The van der Waals surface area contributed by atoms with E-state index in [4.69, 9.17) is 5.11 Å². The van der Waals surface area contributed by atoms with E-state index in [0.29, 0.717) is 0 Å². The van der Waals surface area contributed by atoms with Gasteiger partial charge in [-0.25, -0.2) is 9.18 Å². The molecule has 1 heterocycles. The average Bonchev–Trinajstić information content (AvgIpc) is 2.77. The summed E-state index contributed by atoms with van der Waals surface area (Å²) in [6.07, 6.45) is 0. The van der Waals surface area contributed by atoms with E-state index in [9.17, 15) is 14.0 Å². The summed E-state index contributed by atoms with van der Waals surface area (Å²) < 4.78 is 13.4. The van der Waals surface area contributed by atoms with Gasteiger partial charge in [0.15, 0.2) is 0 Å². The SMILES string of the molecule is O=C(Nc1cscc1C(=O)O)c1ccccc1F. The molecule has 1 aromatic carbocycles. The fourth-order valence-corrected chi connectivity index (χ4v) is 2.15. The second kappa shape index (κ2) is 4.97. The van der Waals surface area contributed by atoms with Gasteiger partial charge in [-0.1, -0.05) is 12.1 Å². The number of benzene rings is 1. The van der Waals surface area contributed by atoms with Crippen LogP contribution in [0, 0.1) is 5.82 Å². The van der Waals surface area contributed by atoms with E-state index in [1.165, 1.54) is 35.0 Å². The third-order valence-corrected chi connectivity index (χ3v) is 3.00. The molecule has 0 fully saturated rings. The summed E-state index contributed by atoms with van der Waals surface area (Å²) in [5, 5.41) is 14.1. The minimum atomic E-state index is -1.14. The molecular formula is C12H8FNO3S. The molecule has 2 N–H and O–H groups in total. The number of halogens is 1. The van der Waals surface area contributed by atoms with Crippen LogP contribution in [0.3, 0.4) is 0 Å². The van der Waals surface area contributed by atoms with E-state index >= 15 is 0 Å². The molecule has 0 spiro atoms. The number of carboxylic acids is 1. The Labute approximate surface area is 106 Å². The van der Waals surface area contributed by atoms with Crippen LogP contribution in [0.25, 0.3) is 0 Å². The van der Waals surface area contributed by atoms with Gasteiger partial charge in [0.1, 0.15) is 5.82 Å². The smallest absolute Gasteiger partial charge is 0.338 e. The van der Waals surface area contributed by atoms with Gasteiger partial charge in [-0.05, 0) is 12.1 Å². The lowest BCUT2D eigenvalue weighted by atomic mass is 10.2. The molecule has 0 unspecified atom stereocenters. The Kier molecular flexibility index (Phi) is 3.38. The van der Waals surface area contributed by atoms with Crippen LogP contribution in [0.4, 0.5) is 10.1 Å². The van der Waals surface area contributed by atoms with E-state index in [1.54, 1.807) is 0 Å². The Balaban J connectivity index is 2.25. The molecule has 0 atom stereocenters. The van der Waals surface area contributed by atoms with Crippen LogP contribution in [0.1, 0.15) is 20.7 Å². The largest absolute Gasteiger partial charge is 0.478 e. The number of carboxylic acid groups (broad SMARTS) is 1. The highest BCUT2D eigenvalue weighted by Gasteiger charge is 2.16. The van der Waals surface area contributed by atoms with Crippen molar-refractivity contribution < 1.29 is 19.1 Å². The predicted octanol–water partition coefficient (Wildman–Crippen LogP) is 2.84. The van der Waals surface area contributed by atoms with Crippen LogP contribution in [0.5, 0.6) is 0 Å². The monoisotopic (exact) mass is 265 g/mol. The lowest BCUT2D eigenvalue weighted by Gasteiger charge is -2.05. The zero-order valence-corrected chi connectivity index (χ0v) is 9.83. The molecule has 0 radical (unpaired) electrons. The standard InChI is InChI=1S/C12H8FNO3S/c13-9-4-2-1-3-7(9)11(15)14-10-6-18-5-8(10)12(16)17/h1-6H,(H,14,15)(H,16,17). The Morgan fingerprint density at radius 2 is 1.89 bits per heavy atom. The number of anilines is 1. The normalized spacial score (nSPS) is 10.1. The molecule has 0 bridgehead atoms. The van der Waals surface area contributed by atoms with Crippen molar-refractivity contribution in [3.8, 4) is 0 Å². The van der Waals surface area contributed by atoms with Gasteiger partial charge in [-0.3, -0.25) is 4.79 Å². The molecule has 18 heavy (non-hydrogen) atoms. The van der Waals surface area contributed by atoms with E-state index in [1.807, 2.05) is 0 Å². The van der Waals surface area contributed by atoms with Crippen LogP contribution >= 0.6 is 11.3 Å². The highest BCUT2D eigenvalue weighted by Crippen LogP contribution is 2.21.